The molecule has 0 bridgehead atoms. The minimum atomic E-state index is -0.776. The van der Waals surface area contributed by atoms with Gasteiger partial charge in [-0.2, -0.15) is 0 Å². The van der Waals surface area contributed by atoms with Crippen LogP contribution in [-0.4, -0.2) is 49.6 Å². The number of nitrogen functional groups attached to an aromatic ring is 1. The summed E-state index contributed by atoms with van der Waals surface area (Å²) in [6, 6.07) is 4.02. The highest BCUT2D eigenvalue weighted by molar-refractivity contribution is 6.01. The van der Waals surface area contributed by atoms with Crippen LogP contribution in [0.25, 0.3) is 0 Å². The van der Waals surface area contributed by atoms with E-state index in [1.165, 1.54) is 12.0 Å². The molecule has 1 unspecified atom stereocenters. The Bertz CT molecular complexity index is 532. The summed E-state index contributed by atoms with van der Waals surface area (Å²) in [7, 11) is 1.50. The second-order valence-electron chi connectivity index (χ2n) is 4.44. The van der Waals surface area contributed by atoms with Gasteiger partial charge in [0, 0.05) is 12.2 Å². The predicted molar refractivity (Wildman–Crippen MR) is 72.2 cm³/mol. The third-order valence-electron chi connectivity index (χ3n) is 3.21. The van der Waals surface area contributed by atoms with Gasteiger partial charge < -0.3 is 25.8 Å². The van der Waals surface area contributed by atoms with E-state index in [0.29, 0.717) is 24.6 Å². The molecule has 20 heavy (non-hydrogen) atoms. The zero-order valence-electron chi connectivity index (χ0n) is 11.2. The SMILES string of the molecule is COc1ccc(N)c(C(=O)N2CCOCC2C(N)=O)c1. The monoisotopic (exact) mass is 279 g/mol. The average Bonchev–Trinajstić information content (AvgIpc) is 2.47. The first-order valence-electron chi connectivity index (χ1n) is 6.16. The molecule has 0 radical (unpaired) electrons. The van der Waals surface area contributed by atoms with Gasteiger partial charge in [-0.05, 0) is 18.2 Å². The standard InChI is InChI=1S/C13H17N3O4/c1-19-8-2-3-10(14)9(6-8)13(18)16-4-5-20-7-11(16)12(15)17/h2-3,6,11H,4-5,7,14H2,1H3,(H2,15,17). The first kappa shape index (κ1) is 14.1. The molecule has 1 fully saturated rings. The van der Waals surface area contributed by atoms with Crippen molar-refractivity contribution in [1.29, 1.82) is 0 Å². The smallest absolute Gasteiger partial charge is 0.256 e. The molecule has 0 spiro atoms. The van der Waals surface area contributed by atoms with Crippen molar-refractivity contribution in [2.75, 3.05) is 32.6 Å². The number of nitrogens with zero attached hydrogens (tertiary/aromatic N) is 1. The Hall–Kier alpha value is -2.28. The van der Waals surface area contributed by atoms with Crippen molar-refractivity contribution in [2.24, 2.45) is 5.73 Å². The van der Waals surface area contributed by atoms with E-state index in [9.17, 15) is 9.59 Å². The fourth-order valence-corrected chi connectivity index (χ4v) is 2.08. The van der Waals surface area contributed by atoms with Gasteiger partial charge in [0.25, 0.3) is 5.91 Å². The largest absolute Gasteiger partial charge is 0.497 e. The van der Waals surface area contributed by atoms with E-state index in [1.54, 1.807) is 18.2 Å². The number of nitrogens with two attached hydrogens (primary N) is 2. The molecule has 7 nitrogen and oxygen atoms in total. The molecule has 0 saturated carbocycles. The van der Waals surface area contributed by atoms with Crippen LogP contribution in [-0.2, 0) is 9.53 Å². The molecular weight excluding hydrogens is 262 g/mol. The van der Waals surface area contributed by atoms with Gasteiger partial charge >= 0.3 is 0 Å². The van der Waals surface area contributed by atoms with Crippen molar-refractivity contribution >= 4 is 17.5 Å². The number of primary amides is 1. The van der Waals surface area contributed by atoms with E-state index in [2.05, 4.69) is 0 Å². The second-order valence-corrected chi connectivity index (χ2v) is 4.44. The fourth-order valence-electron chi connectivity index (χ4n) is 2.08. The number of benzene rings is 1. The molecule has 1 aromatic rings. The lowest BCUT2D eigenvalue weighted by molar-refractivity contribution is -0.127. The Kier molecular flexibility index (Phi) is 4.09. The Labute approximate surface area is 116 Å². The normalized spacial score (nSPS) is 18.6. The quantitative estimate of drug-likeness (QED) is 0.732. The van der Waals surface area contributed by atoms with Crippen LogP contribution in [0.2, 0.25) is 0 Å². The molecule has 1 aliphatic rings. The zero-order chi connectivity index (χ0) is 14.7. The summed E-state index contributed by atoms with van der Waals surface area (Å²) in [4.78, 5) is 25.3. The van der Waals surface area contributed by atoms with Gasteiger partial charge in [0.2, 0.25) is 5.91 Å². The first-order valence-corrected chi connectivity index (χ1v) is 6.16. The summed E-state index contributed by atoms with van der Waals surface area (Å²) in [6.45, 7) is 0.757. The van der Waals surface area contributed by atoms with Gasteiger partial charge in [-0.25, -0.2) is 0 Å². The third-order valence-corrected chi connectivity index (χ3v) is 3.21. The first-order chi connectivity index (χ1) is 9.54. The molecule has 1 aromatic carbocycles. The molecule has 0 aromatic heterocycles. The lowest BCUT2D eigenvalue weighted by Crippen LogP contribution is -2.54. The summed E-state index contributed by atoms with van der Waals surface area (Å²) in [5, 5.41) is 0. The van der Waals surface area contributed by atoms with Crippen LogP contribution in [0, 0.1) is 0 Å². The summed E-state index contributed by atoms with van der Waals surface area (Å²) < 4.78 is 10.3. The molecule has 108 valence electrons. The topological polar surface area (TPSA) is 108 Å². The van der Waals surface area contributed by atoms with Crippen molar-refractivity contribution in [3.8, 4) is 5.75 Å². The highest BCUT2D eigenvalue weighted by atomic mass is 16.5. The molecule has 4 N–H and O–H groups in total. The van der Waals surface area contributed by atoms with Gasteiger partial charge in [0.05, 0.1) is 25.9 Å². The van der Waals surface area contributed by atoms with Crippen molar-refractivity contribution in [2.45, 2.75) is 6.04 Å². The van der Waals surface area contributed by atoms with Crippen LogP contribution in [0.4, 0.5) is 5.69 Å². The molecule has 1 heterocycles. The van der Waals surface area contributed by atoms with Gasteiger partial charge in [0.15, 0.2) is 0 Å². The summed E-state index contributed by atoms with van der Waals surface area (Å²) >= 11 is 0. The zero-order valence-corrected chi connectivity index (χ0v) is 11.2. The number of hydrogen-bond acceptors (Lipinski definition) is 5. The maximum absolute atomic E-state index is 12.5. The van der Waals surface area contributed by atoms with Crippen molar-refractivity contribution < 1.29 is 19.1 Å². The number of methoxy groups -OCH3 is 1. The molecule has 1 saturated heterocycles. The summed E-state index contributed by atoms with van der Waals surface area (Å²) in [5.41, 5.74) is 11.7. The Morgan fingerprint density at radius 2 is 2.20 bits per heavy atom. The van der Waals surface area contributed by atoms with E-state index >= 15 is 0 Å². The average molecular weight is 279 g/mol. The van der Waals surface area contributed by atoms with Crippen LogP contribution in [0.1, 0.15) is 10.4 Å². The fraction of sp³-hybridized carbons (Fsp3) is 0.385. The van der Waals surface area contributed by atoms with Crippen molar-refractivity contribution in [1.82, 2.24) is 4.90 Å². The van der Waals surface area contributed by atoms with Crippen LogP contribution in [0.15, 0.2) is 18.2 Å². The van der Waals surface area contributed by atoms with Crippen LogP contribution in [0.3, 0.4) is 0 Å². The molecular formula is C13H17N3O4. The molecule has 2 rings (SSSR count). The minimum Gasteiger partial charge on any atom is -0.497 e. The van der Waals surface area contributed by atoms with Gasteiger partial charge in [0.1, 0.15) is 11.8 Å². The predicted octanol–water partition coefficient (Wildman–Crippen LogP) is -0.396. The number of anilines is 1. The molecule has 0 aliphatic carbocycles. The van der Waals surface area contributed by atoms with E-state index < -0.39 is 11.9 Å². The maximum atomic E-state index is 12.5. The maximum Gasteiger partial charge on any atom is 0.256 e. The number of hydrogen-bond donors (Lipinski definition) is 2. The number of ether oxygens (including phenoxy) is 2. The number of carbonyl (C=O) groups excluding carboxylic acids is 2. The Morgan fingerprint density at radius 1 is 1.45 bits per heavy atom. The second kappa shape index (κ2) is 5.79. The number of carbonyl (C=O) groups is 2. The molecule has 1 atom stereocenters. The van der Waals surface area contributed by atoms with Crippen LogP contribution in [0.5, 0.6) is 5.75 Å². The van der Waals surface area contributed by atoms with E-state index in [1.807, 2.05) is 0 Å². The summed E-state index contributed by atoms with van der Waals surface area (Å²) in [6.07, 6.45) is 0. The highest BCUT2D eigenvalue weighted by Crippen LogP contribution is 2.22. The number of morpholine rings is 1. The van der Waals surface area contributed by atoms with E-state index in [4.69, 9.17) is 20.9 Å². The number of amides is 2. The third kappa shape index (κ3) is 2.67. The van der Waals surface area contributed by atoms with Crippen molar-refractivity contribution in [3.63, 3.8) is 0 Å². The van der Waals surface area contributed by atoms with E-state index in [0.717, 1.165) is 0 Å². The molecule has 1 aliphatic heterocycles. The van der Waals surface area contributed by atoms with Gasteiger partial charge in [-0.3, -0.25) is 9.59 Å². The number of rotatable bonds is 3. The van der Waals surface area contributed by atoms with Crippen molar-refractivity contribution in [3.05, 3.63) is 23.8 Å². The lowest BCUT2D eigenvalue weighted by atomic mass is 10.1. The molecule has 7 heteroatoms. The Morgan fingerprint density at radius 3 is 2.85 bits per heavy atom. The van der Waals surface area contributed by atoms with Gasteiger partial charge in [-0.1, -0.05) is 0 Å². The van der Waals surface area contributed by atoms with Crippen LogP contribution >= 0.6 is 0 Å². The van der Waals surface area contributed by atoms with E-state index in [-0.39, 0.29) is 18.1 Å². The minimum absolute atomic E-state index is 0.102. The Balaban J connectivity index is 2.31. The van der Waals surface area contributed by atoms with Gasteiger partial charge in [-0.15, -0.1) is 0 Å². The highest BCUT2D eigenvalue weighted by Gasteiger charge is 2.32. The summed E-state index contributed by atoms with van der Waals surface area (Å²) in [5.74, 6) is -0.431. The van der Waals surface area contributed by atoms with Crippen LogP contribution < -0.4 is 16.2 Å². The molecule has 2 amide bonds. The lowest BCUT2D eigenvalue weighted by Gasteiger charge is -2.33.